The van der Waals surface area contributed by atoms with Crippen LogP contribution in [-0.4, -0.2) is 29.5 Å². The SMILES string of the molecule is CCC(CC)(CBr)NC(=O)CCC1CCCO1. The molecule has 1 N–H and O–H groups in total. The van der Waals surface area contributed by atoms with E-state index < -0.39 is 0 Å². The predicted molar refractivity (Wildman–Crippen MR) is 73.5 cm³/mol. The molecule has 1 amide bonds. The van der Waals surface area contributed by atoms with Crippen molar-refractivity contribution in [2.45, 2.75) is 64.0 Å². The number of carbonyl (C=O) groups excluding carboxylic acids is 1. The Morgan fingerprint density at radius 1 is 1.47 bits per heavy atom. The fourth-order valence-corrected chi connectivity index (χ4v) is 3.10. The van der Waals surface area contributed by atoms with Gasteiger partial charge in [0.2, 0.25) is 5.91 Å². The number of ether oxygens (including phenoxy) is 1. The smallest absolute Gasteiger partial charge is 0.220 e. The topological polar surface area (TPSA) is 38.3 Å². The third kappa shape index (κ3) is 4.59. The molecule has 3 nitrogen and oxygen atoms in total. The minimum absolute atomic E-state index is 0.0758. The van der Waals surface area contributed by atoms with Gasteiger partial charge in [0.05, 0.1) is 6.10 Å². The maximum absolute atomic E-state index is 11.9. The summed E-state index contributed by atoms with van der Waals surface area (Å²) < 4.78 is 5.52. The number of hydrogen-bond donors (Lipinski definition) is 1. The van der Waals surface area contributed by atoms with E-state index >= 15 is 0 Å². The number of alkyl halides is 1. The summed E-state index contributed by atoms with van der Waals surface area (Å²) >= 11 is 3.50. The van der Waals surface area contributed by atoms with Gasteiger partial charge in [-0.1, -0.05) is 29.8 Å². The van der Waals surface area contributed by atoms with E-state index in [1.54, 1.807) is 0 Å². The minimum Gasteiger partial charge on any atom is -0.378 e. The van der Waals surface area contributed by atoms with Gasteiger partial charge in [-0.15, -0.1) is 0 Å². The van der Waals surface area contributed by atoms with E-state index in [0.29, 0.717) is 12.5 Å². The zero-order chi connectivity index (χ0) is 12.7. The molecule has 0 bridgehead atoms. The first kappa shape index (κ1) is 15.0. The Labute approximate surface area is 113 Å². The van der Waals surface area contributed by atoms with Gasteiger partial charge in [-0.3, -0.25) is 4.79 Å². The lowest BCUT2D eigenvalue weighted by molar-refractivity contribution is -0.123. The normalized spacial score (nSPS) is 20.5. The Kier molecular flexibility index (Phi) is 6.49. The highest BCUT2D eigenvalue weighted by Crippen LogP contribution is 2.20. The molecule has 0 aromatic carbocycles. The van der Waals surface area contributed by atoms with Crippen LogP contribution in [0.25, 0.3) is 0 Å². The first-order valence-electron chi connectivity index (χ1n) is 6.64. The van der Waals surface area contributed by atoms with Crippen LogP contribution in [-0.2, 0) is 9.53 Å². The second-order valence-electron chi connectivity index (χ2n) is 4.84. The molecular weight excluding hydrogens is 282 g/mol. The molecule has 100 valence electrons. The van der Waals surface area contributed by atoms with Crippen LogP contribution in [0.2, 0.25) is 0 Å². The third-order valence-corrected chi connectivity index (χ3v) is 4.80. The second-order valence-corrected chi connectivity index (χ2v) is 5.40. The van der Waals surface area contributed by atoms with Gasteiger partial charge in [0.15, 0.2) is 0 Å². The first-order chi connectivity index (χ1) is 8.15. The zero-order valence-electron chi connectivity index (χ0n) is 10.9. The number of nitrogens with one attached hydrogen (secondary N) is 1. The summed E-state index contributed by atoms with van der Waals surface area (Å²) in [6.45, 7) is 5.10. The van der Waals surface area contributed by atoms with Crippen molar-refractivity contribution >= 4 is 21.8 Å². The highest BCUT2D eigenvalue weighted by atomic mass is 79.9. The molecule has 1 fully saturated rings. The van der Waals surface area contributed by atoms with Crippen LogP contribution >= 0.6 is 15.9 Å². The maximum Gasteiger partial charge on any atom is 0.220 e. The molecule has 0 aromatic rings. The Bertz CT molecular complexity index is 227. The molecule has 17 heavy (non-hydrogen) atoms. The Morgan fingerprint density at radius 2 is 2.18 bits per heavy atom. The fraction of sp³-hybridized carbons (Fsp3) is 0.923. The van der Waals surface area contributed by atoms with Gasteiger partial charge in [0, 0.05) is 23.9 Å². The standard InChI is InChI=1S/C13H24BrNO2/c1-3-13(4-2,10-14)15-12(16)8-7-11-6-5-9-17-11/h11H,3-10H2,1-2H3,(H,15,16). The van der Waals surface area contributed by atoms with E-state index in [-0.39, 0.29) is 11.4 Å². The van der Waals surface area contributed by atoms with Gasteiger partial charge in [0.25, 0.3) is 0 Å². The van der Waals surface area contributed by atoms with Crippen molar-refractivity contribution in [2.24, 2.45) is 0 Å². The number of hydrogen-bond acceptors (Lipinski definition) is 2. The highest BCUT2D eigenvalue weighted by molar-refractivity contribution is 9.09. The van der Waals surface area contributed by atoms with Crippen LogP contribution in [0.15, 0.2) is 0 Å². The number of carbonyl (C=O) groups is 1. The molecular formula is C13H24BrNO2. The predicted octanol–water partition coefficient (Wildman–Crippen LogP) is 3.02. The molecule has 1 heterocycles. The van der Waals surface area contributed by atoms with Gasteiger partial charge >= 0.3 is 0 Å². The van der Waals surface area contributed by atoms with Crippen LogP contribution in [0.3, 0.4) is 0 Å². The summed E-state index contributed by atoms with van der Waals surface area (Å²) in [5.41, 5.74) is -0.0758. The van der Waals surface area contributed by atoms with E-state index in [0.717, 1.165) is 44.0 Å². The summed E-state index contributed by atoms with van der Waals surface area (Å²) in [7, 11) is 0. The van der Waals surface area contributed by atoms with Gasteiger partial charge < -0.3 is 10.1 Å². The van der Waals surface area contributed by atoms with Crippen LogP contribution in [0.4, 0.5) is 0 Å². The average Bonchev–Trinajstić information content (AvgIpc) is 2.87. The summed E-state index contributed by atoms with van der Waals surface area (Å²) in [6.07, 6.45) is 5.92. The second kappa shape index (κ2) is 7.37. The molecule has 1 atom stereocenters. The van der Waals surface area contributed by atoms with Crippen molar-refractivity contribution in [1.82, 2.24) is 5.32 Å². The molecule has 1 aliphatic heterocycles. The lowest BCUT2D eigenvalue weighted by Gasteiger charge is -2.31. The lowest BCUT2D eigenvalue weighted by atomic mass is 9.95. The first-order valence-corrected chi connectivity index (χ1v) is 7.76. The van der Waals surface area contributed by atoms with E-state index in [4.69, 9.17) is 4.74 Å². The van der Waals surface area contributed by atoms with Gasteiger partial charge in [-0.25, -0.2) is 0 Å². The van der Waals surface area contributed by atoms with E-state index in [2.05, 4.69) is 35.1 Å². The van der Waals surface area contributed by atoms with Crippen LogP contribution < -0.4 is 5.32 Å². The molecule has 1 saturated heterocycles. The molecule has 1 rings (SSSR count). The molecule has 0 aliphatic carbocycles. The van der Waals surface area contributed by atoms with Crippen molar-refractivity contribution in [3.8, 4) is 0 Å². The number of halogens is 1. The highest BCUT2D eigenvalue weighted by Gasteiger charge is 2.27. The summed E-state index contributed by atoms with van der Waals surface area (Å²) in [4.78, 5) is 11.9. The monoisotopic (exact) mass is 305 g/mol. The average molecular weight is 306 g/mol. The summed E-state index contributed by atoms with van der Waals surface area (Å²) in [6, 6.07) is 0. The molecule has 0 radical (unpaired) electrons. The van der Waals surface area contributed by atoms with Crippen LogP contribution in [0.5, 0.6) is 0 Å². The Morgan fingerprint density at radius 3 is 2.65 bits per heavy atom. The van der Waals surface area contributed by atoms with E-state index in [9.17, 15) is 4.79 Å². The summed E-state index contributed by atoms with van der Waals surface area (Å²) in [5, 5.41) is 3.98. The summed E-state index contributed by atoms with van der Waals surface area (Å²) in [5.74, 6) is 0.156. The van der Waals surface area contributed by atoms with Crippen molar-refractivity contribution < 1.29 is 9.53 Å². The molecule has 0 saturated carbocycles. The molecule has 4 heteroatoms. The zero-order valence-corrected chi connectivity index (χ0v) is 12.5. The fourth-order valence-electron chi connectivity index (χ4n) is 2.17. The minimum atomic E-state index is -0.0758. The van der Waals surface area contributed by atoms with E-state index in [1.165, 1.54) is 0 Å². The largest absolute Gasteiger partial charge is 0.378 e. The quantitative estimate of drug-likeness (QED) is 0.734. The van der Waals surface area contributed by atoms with Crippen molar-refractivity contribution in [3.63, 3.8) is 0 Å². The van der Waals surface area contributed by atoms with Gasteiger partial charge in [-0.05, 0) is 32.1 Å². The van der Waals surface area contributed by atoms with Crippen molar-refractivity contribution in [3.05, 3.63) is 0 Å². The Balaban J connectivity index is 2.31. The van der Waals surface area contributed by atoms with Crippen LogP contribution in [0.1, 0.15) is 52.4 Å². The van der Waals surface area contributed by atoms with Crippen molar-refractivity contribution in [1.29, 1.82) is 0 Å². The van der Waals surface area contributed by atoms with Crippen molar-refractivity contribution in [2.75, 3.05) is 11.9 Å². The maximum atomic E-state index is 11.9. The Hall–Kier alpha value is -0.0900. The number of rotatable bonds is 7. The lowest BCUT2D eigenvalue weighted by Crippen LogP contribution is -2.49. The van der Waals surface area contributed by atoms with E-state index in [1.807, 2.05) is 0 Å². The van der Waals surface area contributed by atoms with Gasteiger partial charge in [-0.2, -0.15) is 0 Å². The molecule has 0 aromatic heterocycles. The molecule has 1 aliphatic rings. The third-order valence-electron chi connectivity index (χ3n) is 3.73. The van der Waals surface area contributed by atoms with Gasteiger partial charge in [0.1, 0.15) is 0 Å². The van der Waals surface area contributed by atoms with Crippen LogP contribution in [0, 0.1) is 0 Å². The molecule has 1 unspecified atom stereocenters. The number of amides is 1. The molecule has 0 spiro atoms.